The second kappa shape index (κ2) is 11.2. The fourth-order valence-corrected chi connectivity index (χ4v) is 5.55. The van der Waals surface area contributed by atoms with Crippen LogP contribution in [-0.4, -0.2) is 53.6 Å². The van der Waals surface area contributed by atoms with Crippen molar-refractivity contribution in [2.24, 2.45) is 0 Å². The number of aliphatic hydroxyl groups is 1. The second-order valence-electron chi connectivity index (χ2n) is 8.99. The summed E-state index contributed by atoms with van der Waals surface area (Å²) in [6.45, 7) is 8.66. The van der Waals surface area contributed by atoms with E-state index in [9.17, 15) is 9.90 Å². The standard InChI is InChI=1S/C28H34N2O3S/c1-4-29(17-25(31)22-8-6-5-7-9-22)18-28(32)30-14-12-27-23(13-15-34-27)24(30)19-33-26-11-10-20(2)16-21(26)3/h5-11,13,15-16,24-25,31H,4,12,14,17-19H2,1-3H3/t24-,25-/m0/s1. The number of aliphatic hydroxyl groups excluding tert-OH is 1. The third kappa shape index (κ3) is 5.69. The Hall–Kier alpha value is -2.67. The van der Waals surface area contributed by atoms with Crippen LogP contribution in [0.3, 0.4) is 0 Å². The van der Waals surface area contributed by atoms with Crippen molar-refractivity contribution in [1.29, 1.82) is 0 Å². The van der Waals surface area contributed by atoms with Gasteiger partial charge in [-0.2, -0.15) is 0 Å². The molecule has 0 aliphatic carbocycles. The number of nitrogens with zero attached hydrogens (tertiary/aromatic N) is 2. The van der Waals surface area contributed by atoms with Gasteiger partial charge in [-0.25, -0.2) is 0 Å². The predicted octanol–water partition coefficient (Wildman–Crippen LogP) is 4.93. The lowest BCUT2D eigenvalue weighted by molar-refractivity contribution is -0.136. The van der Waals surface area contributed by atoms with Gasteiger partial charge in [0.2, 0.25) is 5.91 Å². The van der Waals surface area contributed by atoms with Crippen LogP contribution in [0.4, 0.5) is 0 Å². The quantitative estimate of drug-likeness (QED) is 0.474. The smallest absolute Gasteiger partial charge is 0.237 e. The molecular formula is C28H34N2O3S. The number of hydrogen-bond donors (Lipinski definition) is 1. The lowest BCUT2D eigenvalue weighted by atomic mass is 10.00. The van der Waals surface area contributed by atoms with E-state index in [-0.39, 0.29) is 18.5 Å². The maximum Gasteiger partial charge on any atom is 0.237 e. The van der Waals surface area contributed by atoms with Gasteiger partial charge in [-0.05, 0) is 61.0 Å². The molecular weight excluding hydrogens is 444 g/mol. The first-order valence-electron chi connectivity index (χ1n) is 12.0. The highest BCUT2D eigenvalue weighted by atomic mass is 32.1. The first-order chi connectivity index (χ1) is 16.5. The van der Waals surface area contributed by atoms with Crippen LogP contribution < -0.4 is 4.74 Å². The molecule has 180 valence electrons. The van der Waals surface area contributed by atoms with E-state index < -0.39 is 6.10 Å². The molecule has 1 amide bonds. The molecule has 1 aromatic heterocycles. The molecule has 0 unspecified atom stereocenters. The summed E-state index contributed by atoms with van der Waals surface area (Å²) in [5.74, 6) is 0.940. The Morgan fingerprint density at radius 1 is 1.21 bits per heavy atom. The van der Waals surface area contributed by atoms with Crippen LogP contribution in [0.2, 0.25) is 0 Å². The monoisotopic (exact) mass is 478 g/mol. The molecule has 1 N–H and O–H groups in total. The van der Waals surface area contributed by atoms with Gasteiger partial charge in [0, 0.05) is 18.0 Å². The van der Waals surface area contributed by atoms with Crippen LogP contribution >= 0.6 is 11.3 Å². The van der Waals surface area contributed by atoms with E-state index in [1.165, 1.54) is 16.0 Å². The van der Waals surface area contributed by atoms with Crippen molar-refractivity contribution in [2.75, 3.05) is 32.8 Å². The van der Waals surface area contributed by atoms with Crippen LogP contribution in [0.25, 0.3) is 0 Å². The third-order valence-electron chi connectivity index (χ3n) is 6.56. The molecule has 0 spiro atoms. The summed E-state index contributed by atoms with van der Waals surface area (Å²) in [4.78, 5) is 18.8. The lowest BCUT2D eigenvalue weighted by Gasteiger charge is -2.37. The maximum absolute atomic E-state index is 13.5. The van der Waals surface area contributed by atoms with Gasteiger partial charge in [-0.1, -0.05) is 55.0 Å². The number of amides is 1. The van der Waals surface area contributed by atoms with Crippen LogP contribution in [0.5, 0.6) is 5.75 Å². The summed E-state index contributed by atoms with van der Waals surface area (Å²) in [6, 6.07) is 17.8. The lowest BCUT2D eigenvalue weighted by Crippen LogP contribution is -2.47. The van der Waals surface area contributed by atoms with Crippen LogP contribution in [0, 0.1) is 13.8 Å². The first-order valence-corrected chi connectivity index (χ1v) is 12.9. The Bertz CT molecular complexity index is 1100. The first kappa shape index (κ1) is 24.5. The van der Waals surface area contributed by atoms with Crippen LogP contribution in [0.15, 0.2) is 60.0 Å². The molecule has 0 fully saturated rings. The molecule has 0 radical (unpaired) electrons. The summed E-state index contributed by atoms with van der Waals surface area (Å²) in [5.41, 5.74) is 4.37. The summed E-state index contributed by atoms with van der Waals surface area (Å²) in [6.07, 6.45) is 0.250. The van der Waals surface area contributed by atoms with Crippen molar-refractivity contribution in [3.05, 3.63) is 87.1 Å². The molecule has 34 heavy (non-hydrogen) atoms. The average Bonchev–Trinajstić information content (AvgIpc) is 3.32. The summed E-state index contributed by atoms with van der Waals surface area (Å²) in [5, 5.41) is 12.8. The molecule has 1 aliphatic heterocycles. The number of rotatable bonds is 9. The van der Waals surface area contributed by atoms with Gasteiger partial charge in [-0.3, -0.25) is 9.69 Å². The highest BCUT2D eigenvalue weighted by Crippen LogP contribution is 2.34. The molecule has 4 rings (SSSR count). The van der Waals surface area contributed by atoms with Crippen molar-refractivity contribution >= 4 is 17.2 Å². The normalized spacial score (nSPS) is 16.4. The minimum Gasteiger partial charge on any atom is -0.491 e. The van der Waals surface area contributed by atoms with Crippen molar-refractivity contribution in [3.63, 3.8) is 0 Å². The zero-order chi connectivity index (χ0) is 24.1. The third-order valence-corrected chi connectivity index (χ3v) is 7.56. The minimum absolute atomic E-state index is 0.0770. The van der Waals surface area contributed by atoms with Crippen LogP contribution in [-0.2, 0) is 11.2 Å². The second-order valence-corrected chi connectivity index (χ2v) is 9.99. The van der Waals surface area contributed by atoms with Gasteiger partial charge >= 0.3 is 0 Å². The predicted molar refractivity (Wildman–Crippen MR) is 137 cm³/mol. The summed E-state index contributed by atoms with van der Waals surface area (Å²) in [7, 11) is 0. The van der Waals surface area contributed by atoms with Crippen molar-refractivity contribution in [3.8, 4) is 5.75 Å². The van der Waals surface area contributed by atoms with Gasteiger partial charge < -0.3 is 14.7 Å². The number of hydrogen-bond acceptors (Lipinski definition) is 5. The zero-order valence-electron chi connectivity index (χ0n) is 20.2. The average molecular weight is 479 g/mol. The number of carbonyl (C=O) groups excluding carboxylic acids is 1. The van der Waals surface area contributed by atoms with Gasteiger partial charge in [0.15, 0.2) is 0 Å². The molecule has 0 bridgehead atoms. The Labute approximate surface area is 206 Å². The SMILES string of the molecule is CCN(CC(=O)N1CCc2sccc2[C@@H]1COc1ccc(C)cc1C)C[C@H](O)c1ccccc1. The largest absolute Gasteiger partial charge is 0.491 e. The molecule has 2 aromatic carbocycles. The molecule has 0 saturated carbocycles. The number of carbonyl (C=O) groups is 1. The van der Waals surface area contributed by atoms with E-state index in [0.29, 0.717) is 26.2 Å². The number of thiophene rings is 1. The fourth-order valence-electron chi connectivity index (χ4n) is 4.62. The molecule has 0 saturated heterocycles. The molecule has 1 aliphatic rings. The maximum atomic E-state index is 13.5. The van der Waals surface area contributed by atoms with E-state index in [0.717, 1.165) is 23.3 Å². The number of fused-ring (bicyclic) bond motifs is 1. The van der Waals surface area contributed by atoms with E-state index >= 15 is 0 Å². The molecule has 5 nitrogen and oxygen atoms in total. The highest BCUT2D eigenvalue weighted by Gasteiger charge is 2.33. The summed E-state index contributed by atoms with van der Waals surface area (Å²) >= 11 is 1.76. The molecule has 2 heterocycles. The molecule has 6 heteroatoms. The Morgan fingerprint density at radius 3 is 2.74 bits per heavy atom. The van der Waals surface area contributed by atoms with E-state index in [2.05, 4.69) is 37.4 Å². The fraction of sp³-hybridized carbons (Fsp3) is 0.393. The number of likely N-dealkylation sites (N-methyl/N-ethyl adjacent to an activating group) is 1. The molecule has 2 atom stereocenters. The van der Waals surface area contributed by atoms with Gasteiger partial charge in [0.05, 0.1) is 18.7 Å². The molecule has 3 aromatic rings. The minimum atomic E-state index is -0.623. The van der Waals surface area contributed by atoms with E-state index in [1.54, 1.807) is 11.3 Å². The van der Waals surface area contributed by atoms with Crippen molar-refractivity contribution in [1.82, 2.24) is 9.80 Å². The Balaban J connectivity index is 1.46. The Morgan fingerprint density at radius 2 is 2.00 bits per heavy atom. The van der Waals surface area contributed by atoms with E-state index in [1.807, 2.05) is 53.1 Å². The number of benzene rings is 2. The topological polar surface area (TPSA) is 53.0 Å². The highest BCUT2D eigenvalue weighted by molar-refractivity contribution is 7.10. The number of ether oxygens (including phenoxy) is 1. The van der Waals surface area contributed by atoms with Crippen molar-refractivity contribution in [2.45, 2.75) is 39.3 Å². The van der Waals surface area contributed by atoms with E-state index in [4.69, 9.17) is 4.74 Å². The summed E-state index contributed by atoms with van der Waals surface area (Å²) < 4.78 is 6.25. The van der Waals surface area contributed by atoms with Gasteiger partial charge in [0.1, 0.15) is 12.4 Å². The van der Waals surface area contributed by atoms with Crippen molar-refractivity contribution < 1.29 is 14.6 Å². The Kier molecular flexibility index (Phi) is 8.03. The van der Waals surface area contributed by atoms with Gasteiger partial charge in [-0.15, -0.1) is 11.3 Å². The van der Waals surface area contributed by atoms with Gasteiger partial charge in [0.25, 0.3) is 0 Å². The number of aryl methyl sites for hydroxylation is 2. The zero-order valence-corrected chi connectivity index (χ0v) is 21.1. The van der Waals surface area contributed by atoms with Crippen LogP contribution in [0.1, 0.15) is 46.2 Å².